The van der Waals surface area contributed by atoms with Gasteiger partial charge in [-0.1, -0.05) is 25.6 Å². The number of nitrogens with zero attached hydrogens (tertiary/aromatic N) is 4. The number of fused-ring (bicyclic) bond motifs is 1. The van der Waals surface area contributed by atoms with Crippen molar-refractivity contribution in [3.05, 3.63) is 47.9 Å². The molecule has 0 unspecified atom stereocenters. The van der Waals surface area contributed by atoms with E-state index >= 15 is 0 Å². The standard InChI is InChI=1S/C19H21FN4O4S2/c1-4-23(5-2)30(26,27)14-7-9-18-21-22-19(24(18)11-14)29-12-16(25)15-10-13(20)6-8-17(15)28-3/h6-11H,4-5,12H2,1-3H3. The van der Waals surface area contributed by atoms with Crippen molar-refractivity contribution in [2.75, 3.05) is 26.0 Å². The van der Waals surface area contributed by atoms with E-state index in [0.29, 0.717) is 23.9 Å². The molecular formula is C19H21FN4O4S2. The van der Waals surface area contributed by atoms with Gasteiger partial charge in [0, 0.05) is 19.3 Å². The van der Waals surface area contributed by atoms with Crippen LogP contribution in [0.25, 0.3) is 5.65 Å². The highest BCUT2D eigenvalue weighted by atomic mass is 32.2. The topological polar surface area (TPSA) is 93.9 Å². The van der Waals surface area contributed by atoms with Crippen LogP contribution in [0.3, 0.4) is 0 Å². The van der Waals surface area contributed by atoms with Crippen LogP contribution in [0.15, 0.2) is 46.6 Å². The molecule has 0 saturated carbocycles. The Bertz CT molecular complexity index is 1180. The van der Waals surface area contributed by atoms with Crippen LogP contribution in [-0.2, 0) is 10.0 Å². The van der Waals surface area contributed by atoms with E-state index in [9.17, 15) is 17.6 Å². The van der Waals surface area contributed by atoms with Gasteiger partial charge in [0.25, 0.3) is 0 Å². The number of hydrogen-bond donors (Lipinski definition) is 0. The summed E-state index contributed by atoms with van der Waals surface area (Å²) in [5.74, 6) is -0.655. The minimum absolute atomic E-state index is 0.0480. The van der Waals surface area contributed by atoms with E-state index in [1.54, 1.807) is 19.9 Å². The Labute approximate surface area is 178 Å². The highest BCUT2D eigenvalue weighted by molar-refractivity contribution is 7.99. The van der Waals surface area contributed by atoms with E-state index in [4.69, 9.17) is 4.74 Å². The Balaban J connectivity index is 1.87. The van der Waals surface area contributed by atoms with E-state index < -0.39 is 15.8 Å². The lowest BCUT2D eigenvalue weighted by molar-refractivity contribution is 0.101. The molecule has 30 heavy (non-hydrogen) atoms. The van der Waals surface area contributed by atoms with Crippen LogP contribution in [0.5, 0.6) is 5.75 Å². The SMILES string of the molecule is CCN(CC)S(=O)(=O)c1ccc2nnc(SCC(=O)c3cc(F)ccc3OC)n2c1. The van der Waals surface area contributed by atoms with E-state index in [1.165, 1.54) is 40.2 Å². The zero-order chi connectivity index (χ0) is 21.9. The molecule has 2 heterocycles. The molecule has 0 saturated heterocycles. The van der Waals surface area contributed by atoms with Crippen molar-refractivity contribution in [1.29, 1.82) is 0 Å². The molecule has 0 aliphatic rings. The third-order valence-electron chi connectivity index (χ3n) is 4.48. The number of aromatic nitrogens is 3. The number of methoxy groups -OCH3 is 1. The van der Waals surface area contributed by atoms with Gasteiger partial charge in [0.05, 0.1) is 23.3 Å². The summed E-state index contributed by atoms with van der Waals surface area (Å²) in [7, 11) is -2.25. The molecule has 3 rings (SSSR count). The molecule has 0 fully saturated rings. The van der Waals surface area contributed by atoms with Crippen molar-refractivity contribution in [3.63, 3.8) is 0 Å². The number of hydrogen-bond acceptors (Lipinski definition) is 7. The van der Waals surface area contributed by atoms with Crippen molar-refractivity contribution in [3.8, 4) is 5.75 Å². The largest absolute Gasteiger partial charge is 0.496 e. The van der Waals surface area contributed by atoms with Crippen molar-refractivity contribution < 1.29 is 22.3 Å². The van der Waals surface area contributed by atoms with Gasteiger partial charge in [-0.3, -0.25) is 9.20 Å². The van der Waals surface area contributed by atoms with Crippen LogP contribution in [0.1, 0.15) is 24.2 Å². The summed E-state index contributed by atoms with van der Waals surface area (Å²) in [5, 5.41) is 8.40. The number of pyridine rings is 1. The molecular weight excluding hydrogens is 431 g/mol. The summed E-state index contributed by atoms with van der Waals surface area (Å²) in [6.07, 6.45) is 1.44. The summed E-state index contributed by atoms with van der Waals surface area (Å²) in [5.41, 5.74) is 0.579. The van der Waals surface area contributed by atoms with Crippen LogP contribution in [-0.4, -0.2) is 59.1 Å². The highest BCUT2D eigenvalue weighted by Gasteiger charge is 2.23. The number of thioether (sulfide) groups is 1. The van der Waals surface area contributed by atoms with E-state index in [0.717, 1.165) is 17.8 Å². The van der Waals surface area contributed by atoms with Gasteiger partial charge >= 0.3 is 0 Å². The molecule has 0 bridgehead atoms. The molecule has 2 aromatic heterocycles. The molecule has 0 aliphatic carbocycles. The normalized spacial score (nSPS) is 11.9. The van der Waals surface area contributed by atoms with Crippen molar-refractivity contribution in [2.45, 2.75) is 23.9 Å². The van der Waals surface area contributed by atoms with Crippen molar-refractivity contribution in [1.82, 2.24) is 18.9 Å². The third kappa shape index (κ3) is 4.32. The van der Waals surface area contributed by atoms with E-state index in [1.807, 2.05) is 0 Å². The number of ketones is 1. The molecule has 0 spiro atoms. The van der Waals surface area contributed by atoms with Gasteiger partial charge in [0.1, 0.15) is 11.6 Å². The molecule has 3 aromatic rings. The first-order valence-electron chi connectivity index (χ1n) is 9.16. The number of carbonyl (C=O) groups excluding carboxylic acids is 1. The lowest BCUT2D eigenvalue weighted by atomic mass is 10.1. The first-order valence-corrected chi connectivity index (χ1v) is 11.6. The number of ether oxygens (including phenoxy) is 1. The molecule has 1 aromatic carbocycles. The maximum Gasteiger partial charge on any atom is 0.244 e. The highest BCUT2D eigenvalue weighted by Crippen LogP contribution is 2.25. The second-order valence-corrected chi connectivity index (χ2v) is 9.10. The van der Waals surface area contributed by atoms with Crippen LogP contribution in [0, 0.1) is 5.82 Å². The Morgan fingerprint density at radius 1 is 1.20 bits per heavy atom. The lowest BCUT2D eigenvalue weighted by Crippen LogP contribution is -2.30. The molecule has 0 N–H and O–H groups in total. The smallest absolute Gasteiger partial charge is 0.244 e. The molecule has 0 aliphatic heterocycles. The summed E-state index contributed by atoms with van der Waals surface area (Å²) in [6.45, 7) is 4.24. The summed E-state index contributed by atoms with van der Waals surface area (Å²) in [4.78, 5) is 12.7. The quantitative estimate of drug-likeness (QED) is 0.364. The summed E-state index contributed by atoms with van der Waals surface area (Å²) in [6, 6.07) is 6.77. The van der Waals surface area contributed by atoms with Gasteiger partial charge in [-0.2, -0.15) is 4.31 Å². The fourth-order valence-corrected chi connectivity index (χ4v) is 5.18. The molecule has 0 amide bonds. The average Bonchev–Trinajstić information content (AvgIpc) is 3.15. The third-order valence-corrected chi connectivity index (χ3v) is 7.46. The summed E-state index contributed by atoms with van der Waals surface area (Å²) < 4.78 is 47.1. The number of Topliss-reactive ketones (excluding diaryl/α,β-unsaturated/α-hetero) is 1. The fraction of sp³-hybridized carbons (Fsp3) is 0.316. The summed E-state index contributed by atoms with van der Waals surface area (Å²) >= 11 is 1.08. The maximum absolute atomic E-state index is 13.5. The molecule has 11 heteroatoms. The van der Waals surface area contributed by atoms with Gasteiger partial charge in [0.2, 0.25) is 10.0 Å². The first kappa shape index (κ1) is 22.2. The van der Waals surface area contributed by atoms with E-state index in [2.05, 4.69) is 10.2 Å². The number of carbonyl (C=O) groups is 1. The second kappa shape index (κ2) is 9.11. The lowest BCUT2D eigenvalue weighted by Gasteiger charge is -2.18. The van der Waals surface area contributed by atoms with Crippen LogP contribution < -0.4 is 4.74 Å². The Hall–Kier alpha value is -2.50. The van der Waals surface area contributed by atoms with Crippen molar-refractivity contribution in [2.24, 2.45) is 0 Å². The minimum atomic E-state index is -3.65. The molecule has 0 radical (unpaired) electrons. The maximum atomic E-state index is 13.5. The zero-order valence-electron chi connectivity index (χ0n) is 16.7. The van der Waals surface area contributed by atoms with E-state index in [-0.39, 0.29) is 27.7 Å². The minimum Gasteiger partial charge on any atom is -0.496 e. The number of halogens is 1. The van der Waals surface area contributed by atoms with Gasteiger partial charge in [0.15, 0.2) is 16.6 Å². The Morgan fingerprint density at radius 3 is 2.60 bits per heavy atom. The molecule has 0 atom stereocenters. The van der Waals surface area contributed by atoms with Crippen LogP contribution >= 0.6 is 11.8 Å². The average molecular weight is 453 g/mol. The van der Waals surface area contributed by atoms with Gasteiger partial charge in [-0.05, 0) is 30.3 Å². The Kier molecular flexibility index (Phi) is 6.74. The van der Waals surface area contributed by atoms with Crippen LogP contribution in [0.2, 0.25) is 0 Å². The second-order valence-electron chi connectivity index (χ2n) is 6.22. The molecule has 8 nitrogen and oxygen atoms in total. The van der Waals surface area contributed by atoms with Gasteiger partial charge < -0.3 is 4.74 Å². The predicted molar refractivity (Wildman–Crippen MR) is 111 cm³/mol. The number of rotatable bonds is 9. The fourth-order valence-electron chi connectivity index (χ4n) is 2.92. The monoisotopic (exact) mass is 452 g/mol. The van der Waals surface area contributed by atoms with Gasteiger partial charge in [-0.25, -0.2) is 12.8 Å². The Morgan fingerprint density at radius 2 is 1.93 bits per heavy atom. The van der Waals surface area contributed by atoms with Crippen molar-refractivity contribution >= 4 is 33.2 Å². The zero-order valence-corrected chi connectivity index (χ0v) is 18.3. The first-order chi connectivity index (χ1) is 14.3. The predicted octanol–water partition coefficient (Wildman–Crippen LogP) is 2.88. The number of sulfonamides is 1. The molecule has 160 valence electrons. The van der Waals surface area contributed by atoms with Gasteiger partial charge in [-0.15, -0.1) is 10.2 Å². The number of benzene rings is 1. The van der Waals surface area contributed by atoms with Crippen LogP contribution in [0.4, 0.5) is 4.39 Å².